The van der Waals surface area contributed by atoms with Crippen molar-refractivity contribution in [1.82, 2.24) is 0 Å². The van der Waals surface area contributed by atoms with Crippen LogP contribution in [-0.4, -0.2) is 0 Å². The molecule has 2 heteroatoms. The molecule has 0 saturated heterocycles. The molecule has 0 aliphatic heterocycles. The summed E-state index contributed by atoms with van der Waals surface area (Å²) in [7, 11) is -3.05. The molecule has 0 aliphatic carbocycles. The molecule has 0 aromatic heterocycles. The molecule has 9 rings (SSSR count). The van der Waals surface area contributed by atoms with Crippen molar-refractivity contribution in [3.63, 3.8) is 0 Å². The first-order valence-electron chi connectivity index (χ1n) is 16.4. The first-order chi connectivity index (χ1) is 23.7. The van der Waals surface area contributed by atoms with Gasteiger partial charge in [-0.05, 0) is 77.8 Å². The van der Waals surface area contributed by atoms with E-state index in [1.54, 1.807) is 0 Å². The third-order valence-electron chi connectivity index (χ3n) is 9.70. The van der Waals surface area contributed by atoms with E-state index in [-0.39, 0.29) is 0 Å². The SMILES string of the molecule is O=P(c1ccccc1)(c1ccccc1)c1cccc(-c2ccc(-c3cccc(-c4ccc5ccc6cccc7ccc4c5c67)c3)cc2)c1. The lowest BCUT2D eigenvalue weighted by Gasteiger charge is -2.20. The van der Waals surface area contributed by atoms with Gasteiger partial charge in [0.2, 0.25) is 0 Å². The third-order valence-corrected chi connectivity index (χ3v) is 12.8. The van der Waals surface area contributed by atoms with Gasteiger partial charge in [-0.25, -0.2) is 0 Å². The molecule has 0 saturated carbocycles. The Hall–Kier alpha value is -5.75. The summed E-state index contributed by atoms with van der Waals surface area (Å²) in [6.07, 6.45) is 0. The Morgan fingerprint density at radius 1 is 0.312 bits per heavy atom. The van der Waals surface area contributed by atoms with Gasteiger partial charge in [0.15, 0.2) is 7.14 Å². The molecule has 0 unspecified atom stereocenters. The summed E-state index contributed by atoms with van der Waals surface area (Å²) in [5.74, 6) is 0. The van der Waals surface area contributed by atoms with Crippen LogP contribution in [0.4, 0.5) is 0 Å². The van der Waals surface area contributed by atoms with Gasteiger partial charge < -0.3 is 4.57 Å². The van der Waals surface area contributed by atoms with Crippen molar-refractivity contribution in [3.05, 3.63) is 188 Å². The van der Waals surface area contributed by atoms with Gasteiger partial charge in [-0.3, -0.25) is 0 Å². The van der Waals surface area contributed by atoms with Crippen LogP contribution in [0.5, 0.6) is 0 Å². The van der Waals surface area contributed by atoms with E-state index in [0.29, 0.717) is 0 Å². The average molecular weight is 631 g/mol. The fourth-order valence-electron chi connectivity index (χ4n) is 7.31. The van der Waals surface area contributed by atoms with Crippen molar-refractivity contribution < 1.29 is 4.57 Å². The zero-order chi connectivity index (χ0) is 32.1. The smallest absolute Gasteiger partial charge is 0.171 e. The van der Waals surface area contributed by atoms with Crippen LogP contribution in [0.3, 0.4) is 0 Å². The van der Waals surface area contributed by atoms with Crippen LogP contribution < -0.4 is 15.9 Å². The van der Waals surface area contributed by atoms with Crippen molar-refractivity contribution in [2.75, 3.05) is 0 Å². The monoisotopic (exact) mass is 630 g/mol. The number of benzene rings is 9. The van der Waals surface area contributed by atoms with Gasteiger partial charge in [0, 0.05) is 15.9 Å². The molecular weight excluding hydrogens is 599 g/mol. The van der Waals surface area contributed by atoms with Crippen LogP contribution in [0.1, 0.15) is 0 Å². The molecule has 0 heterocycles. The zero-order valence-corrected chi connectivity index (χ0v) is 27.1. The molecule has 0 amide bonds. The summed E-state index contributed by atoms with van der Waals surface area (Å²) in [5, 5.41) is 10.3. The summed E-state index contributed by atoms with van der Waals surface area (Å²) in [6, 6.07) is 65.6. The van der Waals surface area contributed by atoms with Gasteiger partial charge in [0.25, 0.3) is 0 Å². The maximum Gasteiger partial charge on any atom is 0.171 e. The Labute approximate surface area is 280 Å². The second kappa shape index (κ2) is 11.5. The van der Waals surface area contributed by atoms with E-state index < -0.39 is 7.14 Å². The van der Waals surface area contributed by atoms with Gasteiger partial charge in [-0.1, -0.05) is 176 Å². The van der Waals surface area contributed by atoms with Crippen LogP contribution in [0.25, 0.3) is 65.7 Å². The molecule has 0 fully saturated rings. The molecule has 226 valence electrons. The van der Waals surface area contributed by atoms with Gasteiger partial charge in [-0.15, -0.1) is 0 Å². The third kappa shape index (κ3) is 4.67. The second-order valence-corrected chi connectivity index (χ2v) is 15.2. The van der Waals surface area contributed by atoms with Crippen LogP contribution in [0.15, 0.2) is 188 Å². The van der Waals surface area contributed by atoms with Crippen molar-refractivity contribution in [1.29, 1.82) is 0 Å². The highest BCUT2D eigenvalue weighted by molar-refractivity contribution is 7.85. The molecule has 9 aromatic rings. The highest BCUT2D eigenvalue weighted by Crippen LogP contribution is 2.43. The molecular formula is C46H31OP. The number of hydrogen-bond acceptors (Lipinski definition) is 1. The minimum absolute atomic E-state index is 0.836. The highest BCUT2D eigenvalue weighted by atomic mass is 31.2. The van der Waals surface area contributed by atoms with Crippen LogP contribution >= 0.6 is 7.14 Å². The fourth-order valence-corrected chi connectivity index (χ4v) is 10.0. The Bertz CT molecular complexity index is 2560. The van der Waals surface area contributed by atoms with E-state index in [4.69, 9.17) is 0 Å². The first kappa shape index (κ1) is 28.5. The summed E-state index contributed by atoms with van der Waals surface area (Å²) in [5.41, 5.74) is 6.94. The van der Waals surface area contributed by atoms with E-state index in [9.17, 15) is 4.57 Å². The largest absolute Gasteiger partial charge is 0.309 e. The maximum absolute atomic E-state index is 15.0. The summed E-state index contributed by atoms with van der Waals surface area (Å²) in [4.78, 5) is 0. The molecule has 1 nitrogen and oxygen atoms in total. The van der Waals surface area contributed by atoms with E-state index in [2.05, 4.69) is 115 Å². The first-order valence-corrected chi connectivity index (χ1v) is 18.1. The van der Waals surface area contributed by atoms with E-state index in [1.165, 1.54) is 49.0 Å². The van der Waals surface area contributed by atoms with Gasteiger partial charge in [0.1, 0.15) is 0 Å². The summed E-state index contributed by atoms with van der Waals surface area (Å²) < 4.78 is 15.0. The van der Waals surface area contributed by atoms with Gasteiger partial charge >= 0.3 is 0 Å². The topological polar surface area (TPSA) is 17.1 Å². The minimum atomic E-state index is -3.05. The summed E-state index contributed by atoms with van der Waals surface area (Å²) in [6.45, 7) is 0. The normalized spacial score (nSPS) is 11.8. The molecule has 0 aliphatic rings. The zero-order valence-electron chi connectivity index (χ0n) is 26.3. The van der Waals surface area contributed by atoms with Crippen LogP contribution in [-0.2, 0) is 4.57 Å². The van der Waals surface area contributed by atoms with E-state index in [0.717, 1.165) is 32.6 Å². The van der Waals surface area contributed by atoms with Crippen molar-refractivity contribution >= 4 is 55.4 Å². The molecule has 9 aromatic carbocycles. The molecule has 0 bridgehead atoms. The predicted octanol–water partition coefficient (Wildman–Crippen LogP) is 11.2. The van der Waals surface area contributed by atoms with Gasteiger partial charge in [-0.2, -0.15) is 0 Å². The van der Waals surface area contributed by atoms with E-state index in [1.807, 2.05) is 72.8 Å². The summed E-state index contributed by atoms with van der Waals surface area (Å²) >= 11 is 0. The Balaban J connectivity index is 1.08. The minimum Gasteiger partial charge on any atom is -0.309 e. The maximum atomic E-state index is 15.0. The second-order valence-electron chi connectivity index (χ2n) is 12.5. The lowest BCUT2D eigenvalue weighted by Crippen LogP contribution is -2.25. The Morgan fingerprint density at radius 3 is 1.44 bits per heavy atom. The number of hydrogen-bond donors (Lipinski definition) is 0. The molecule has 0 N–H and O–H groups in total. The van der Waals surface area contributed by atoms with Gasteiger partial charge in [0.05, 0.1) is 0 Å². The van der Waals surface area contributed by atoms with Crippen molar-refractivity contribution in [2.45, 2.75) is 0 Å². The van der Waals surface area contributed by atoms with Crippen molar-refractivity contribution in [2.24, 2.45) is 0 Å². The fraction of sp³-hybridized carbons (Fsp3) is 0. The van der Waals surface area contributed by atoms with Crippen LogP contribution in [0.2, 0.25) is 0 Å². The molecule has 0 spiro atoms. The Morgan fingerprint density at radius 2 is 0.792 bits per heavy atom. The lowest BCUT2D eigenvalue weighted by molar-refractivity contribution is 0.592. The quantitative estimate of drug-likeness (QED) is 0.132. The van der Waals surface area contributed by atoms with Crippen molar-refractivity contribution in [3.8, 4) is 33.4 Å². The average Bonchev–Trinajstić information content (AvgIpc) is 3.17. The predicted molar refractivity (Wildman–Crippen MR) is 206 cm³/mol. The number of rotatable bonds is 6. The highest BCUT2D eigenvalue weighted by Gasteiger charge is 2.29. The molecule has 48 heavy (non-hydrogen) atoms. The lowest BCUT2D eigenvalue weighted by atomic mass is 9.89. The standard InChI is InChI=1S/C46H31OP/c47-48(40-15-3-1-4-16-40,41-17-5-2-6-18-41)42-19-9-13-38(31-42)33-22-20-32(21-23-33)37-12-8-14-39(30-37)43-28-26-36-25-24-34-10-7-11-35-27-29-44(43)46(36)45(34)35/h1-31H. The molecule has 0 atom stereocenters. The molecule has 0 radical (unpaired) electrons. The van der Waals surface area contributed by atoms with E-state index >= 15 is 0 Å². The Kier molecular flexibility index (Phi) is 6.82. The van der Waals surface area contributed by atoms with Crippen LogP contribution in [0, 0.1) is 0 Å².